The van der Waals surface area contributed by atoms with E-state index in [1.165, 1.54) is 0 Å². The van der Waals surface area contributed by atoms with Gasteiger partial charge in [0.15, 0.2) is 0 Å². The van der Waals surface area contributed by atoms with Crippen molar-refractivity contribution in [2.45, 2.75) is 39.3 Å². The van der Waals surface area contributed by atoms with Crippen molar-refractivity contribution in [2.24, 2.45) is 7.05 Å². The predicted molar refractivity (Wildman–Crippen MR) is 81.2 cm³/mol. The number of likely N-dealkylation sites (tertiary alicyclic amines) is 1. The Labute approximate surface area is 125 Å². The molecule has 2 aromatic heterocycles. The van der Waals surface area contributed by atoms with E-state index in [4.69, 9.17) is 0 Å². The quantitative estimate of drug-likeness (QED) is 0.867. The van der Waals surface area contributed by atoms with Gasteiger partial charge in [-0.2, -0.15) is 5.10 Å². The van der Waals surface area contributed by atoms with Crippen molar-refractivity contribution in [1.82, 2.24) is 19.2 Å². The molecule has 0 aliphatic carbocycles. The molecule has 3 rings (SSSR count). The highest BCUT2D eigenvalue weighted by atomic mass is 16.2. The molecule has 2 aromatic rings. The first kappa shape index (κ1) is 13.9. The maximum atomic E-state index is 12.7. The first-order valence-electron chi connectivity index (χ1n) is 7.49. The van der Waals surface area contributed by atoms with Crippen molar-refractivity contribution < 1.29 is 4.79 Å². The lowest BCUT2D eigenvalue weighted by Crippen LogP contribution is -2.39. The zero-order chi connectivity index (χ0) is 15.0. The van der Waals surface area contributed by atoms with Crippen LogP contribution in [0.15, 0.2) is 24.4 Å². The summed E-state index contributed by atoms with van der Waals surface area (Å²) in [5.74, 6) is 0.131. The average Bonchev–Trinajstić information content (AvgIpc) is 3.12. The van der Waals surface area contributed by atoms with E-state index in [2.05, 4.69) is 18.1 Å². The molecule has 21 heavy (non-hydrogen) atoms. The Hall–Kier alpha value is -2.04. The first-order chi connectivity index (χ1) is 10.1. The molecule has 0 aromatic carbocycles. The summed E-state index contributed by atoms with van der Waals surface area (Å²) < 4.78 is 3.91. The Morgan fingerprint density at radius 1 is 1.43 bits per heavy atom. The highest BCUT2D eigenvalue weighted by Crippen LogP contribution is 2.22. The van der Waals surface area contributed by atoms with Crippen LogP contribution in [0, 0.1) is 13.8 Å². The van der Waals surface area contributed by atoms with Gasteiger partial charge in [0.05, 0.1) is 18.3 Å². The topological polar surface area (TPSA) is 43.1 Å². The minimum Gasteiger partial charge on any atom is -0.347 e. The lowest BCUT2D eigenvalue weighted by molar-refractivity contribution is 0.0711. The molecule has 1 saturated heterocycles. The van der Waals surface area contributed by atoms with E-state index in [0.717, 1.165) is 43.0 Å². The minimum atomic E-state index is 0.131. The van der Waals surface area contributed by atoms with E-state index in [1.807, 2.05) is 46.4 Å². The van der Waals surface area contributed by atoms with Crippen LogP contribution in [-0.4, -0.2) is 37.7 Å². The summed E-state index contributed by atoms with van der Waals surface area (Å²) >= 11 is 0. The highest BCUT2D eigenvalue weighted by Gasteiger charge is 2.31. The van der Waals surface area contributed by atoms with E-state index >= 15 is 0 Å². The van der Waals surface area contributed by atoms with Crippen LogP contribution in [0.5, 0.6) is 0 Å². The smallest absolute Gasteiger partial charge is 0.270 e. The number of amides is 1. The summed E-state index contributed by atoms with van der Waals surface area (Å²) in [5.41, 5.74) is 2.95. The van der Waals surface area contributed by atoms with Gasteiger partial charge in [-0.3, -0.25) is 9.48 Å². The Morgan fingerprint density at radius 2 is 2.24 bits per heavy atom. The second kappa shape index (κ2) is 5.39. The van der Waals surface area contributed by atoms with Crippen molar-refractivity contribution in [3.8, 4) is 0 Å². The second-order valence-corrected chi connectivity index (χ2v) is 5.91. The van der Waals surface area contributed by atoms with E-state index in [0.29, 0.717) is 0 Å². The Bertz CT molecular complexity index is 655. The van der Waals surface area contributed by atoms with E-state index in [1.54, 1.807) is 0 Å². The first-order valence-corrected chi connectivity index (χ1v) is 7.49. The Morgan fingerprint density at radius 3 is 2.86 bits per heavy atom. The lowest BCUT2D eigenvalue weighted by Gasteiger charge is -2.25. The summed E-state index contributed by atoms with van der Waals surface area (Å²) in [4.78, 5) is 14.7. The molecule has 0 unspecified atom stereocenters. The summed E-state index contributed by atoms with van der Waals surface area (Å²) in [7, 11) is 1.92. The van der Waals surface area contributed by atoms with Crippen LogP contribution < -0.4 is 0 Å². The zero-order valence-corrected chi connectivity index (χ0v) is 12.9. The van der Waals surface area contributed by atoms with Crippen molar-refractivity contribution in [2.75, 3.05) is 6.54 Å². The average molecular weight is 286 g/mol. The molecule has 112 valence electrons. The van der Waals surface area contributed by atoms with E-state index in [-0.39, 0.29) is 11.9 Å². The number of aryl methyl sites for hydroxylation is 3. The van der Waals surface area contributed by atoms with Crippen LogP contribution in [0.1, 0.15) is 34.7 Å². The molecule has 1 aliphatic rings. The molecule has 5 heteroatoms. The fraction of sp³-hybridized carbons (Fsp3) is 0.500. The third-order valence-electron chi connectivity index (χ3n) is 4.29. The maximum absolute atomic E-state index is 12.7. The van der Waals surface area contributed by atoms with Crippen molar-refractivity contribution in [3.63, 3.8) is 0 Å². The van der Waals surface area contributed by atoms with Gasteiger partial charge < -0.3 is 9.47 Å². The lowest BCUT2D eigenvalue weighted by atomic mass is 10.2. The monoisotopic (exact) mass is 286 g/mol. The SMILES string of the molecule is Cc1cc(C)n(C[C@H]2CCCN2C(=O)c2cccn2C)n1. The van der Waals surface area contributed by atoms with Gasteiger partial charge in [-0.25, -0.2) is 0 Å². The summed E-state index contributed by atoms with van der Waals surface area (Å²) in [6, 6.07) is 6.13. The van der Waals surface area contributed by atoms with Gasteiger partial charge in [0.25, 0.3) is 5.91 Å². The van der Waals surface area contributed by atoms with Gasteiger partial charge in [-0.05, 0) is 44.9 Å². The molecule has 1 amide bonds. The second-order valence-electron chi connectivity index (χ2n) is 5.91. The van der Waals surface area contributed by atoms with Crippen LogP contribution in [0.2, 0.25) is 0 Å². The molecule has 5 nitrogen and oxygen atoms in total. The normalized spacial score (nSPS) is 18.4. The van der Waals surface area contributed by atoms with Crippen molar-refractivity contribution in [1.29, 1.82) is 0 Å². The van der Waals surface area contributed by atoms with E-state index in [9.17, 15) is 4.79 Å². The number of hydrogen-bond acceptors (Lipinski definition) is 2. The van der Waals surface area contributed by atoms with Gasteiger partial charge in [0.1, 0.15) is 5.69 Å². The molecular formula is C16H22N4O. The van der Waals surface area contributed by atoms with Crippen LogP contribution in [0.25, 0.3) is 0 Å². The van der Waals surface area contributed by atoms with Gasteiger partial charge in [0.2, 0.25) is 0 Å². The van der Waals surface area contributed by atoms with Gasteiger partial charge >= 0.3 is 0 Å². The third-order valence-corrected chi connectivity index (χ3v) is 4.29. The minimum absolute atomic E-state index is 0.131. The highest BCUT2D eigenvalue weighted by molar-refractivity contribution is 5.93. The molecule has 0 spiro atoms. The summed E-state index contributed by atoms with van der Waals surface area (Å²) in [6.07, 6.45) is 4.04. The van der Waals surface area contributed by atoms with Gasteiger partial charge in [-0.1, -0.05) is 0 Å². The molecule has 1 atom stereocenters. The fourth-order valence-electron chi connectivity index (χ4n) is 3.18. The molecule has 0 bridgehead atoms. The molecule has 0 saturated carbocycles. The number of hydrogen-bond donors (Lipinski definition) is 0. The number of rotatable bonds is 3. The zero-order valence-electron chi connectivity index (χ0n) is 12.9. The molecule has 1 fully saturated rings. The number of nitrogens with zero attached hydrogens (tertiary/aromatic N) is 4. The number of carbonyl (C=O) groups excluding carboxylic acids is 1. The van der Waals surface area contributed by atoms with Gasteiger partial charge in [0, 0.05) is 25.5 Å². The third kappa shape index (κ3) is 2.60. The van der Waals surface area contributed by atoms with Crippen molar-refractivity contribution >= 4 is 5.91 Å². The van der Waals surface area contributed by atoms with Crippen LogP contribution in [0.3, 0.4) is 0 Å². The van der Waals surface area contributed by atoms with Crippen LogP contribution >= 0.6 is 0 Å². The van der Waals surface area contributed by atoms with Gasteiger partial charge in [-0.15, -0.1) is 0 Å². The van der Waals surface area contributed by atoms with Crippen LogP contribution in [-0.2, 0) is 13.6 Å². The Balaban J connectivity index is 1.78. The Kier molecular flexibility index (Phi) is 3.57. The number of carbonyl (C=O) groups is 1. The molecule has 0 radical (unpaired) electrons. The molecular weight excluding hydrogens is 264 g/mol. The largest absolute Gasteiger partial charge is 0.347 e. The fourth-order valence-corrected chi connectivity index (χ4v) is 3.18. The standard InChI is InChI=1S/C16H22N4O/c1-12-10-13(2)20(17-12)11-14-6-4-9-19(14)16(21)15-7-5-8-18(15)3/h5,7-8,10,14H,4,6,9,11H2,1-3H3/t14-/m1/s1. The predicted octanol–water partition coefficient (Wildman–Crippen LogP) is 2.14. The molecule has 1 aliphatic heterocycles. The van der Waals surface area contributed by atoms with Crippen molar-refractivity contribution in [3.05, 3.63) is 41.5 Å². The number of aromatic nitrogens is 3. The molecule has 0 N–H and O–H groups in total. The maximum Gasteiger partial charge on any atom is 0.270 e. The molecule has 3 heterocycles. The summed E-state index contributed by atoms with van der Waals surface area (Å²) in [6.45, 7) is 5.70. The van der Waals surface area contributed by atoms with E-state index < -0.39 is 0 Å². The summed E-state index contributed by atoms with van der Waals surface area (Å²) in [5, 5.41) is 4.52. The van der Waals surface area contributed by atoms with Crippen LogP contribution in [0.4, 0.5) is 0 Å².